The Labute approximate surface area is 173 Å². The van der Waals surface area contributed by atoms with Crippen LogP contribution >= 0.6 is 11.3 Å². The lowest BCUT2D eigenvalue weighted by Gasteiger charge is -2.25. The largest absolute Gasteiger partial charge is 0.497 e. The molecule has 0 atom stereocenters. The predicted octanol–water partition coefficient (Wildman–Crippen LogP) is 3.02. The molecule has 0 spiro atoms. The van der Waals surface area contributed by atoms with Gasteiger partial charge in [-0.3, -0.25) is 9.59 Å². The van der Waals surface area contributed by atoms with Gasteiger partial charge in [0.25, 0.3) is 0 Å². The summed E-state index contributed by atoms with van der Waals surface area (Å²) in [5.74, 6) is 0.0512. The molecule has 0 bridgehead atoms. The highest BCUT2D eigenvalue weighted by atomic mass is 32.1. The lowest BCUT2D eigenvalue weighted by atomic mass is 10.0. The summed E-state index contributed by atoms with van der Waals surface area (Å²) in [6.45, 7) is 4.52. The molecule has 0 radical (unpaired) electrons. The number of nitrogens with one attached hydrogen (secondary N) is 1. The molecule has 0 aliphatic carbocycles. The van der Waals surface area contributed by atoms with Gasteiger partial charge in [-0.15, -0.1) is 11.3 Å². The Bertz CT molecular complexity index is 920. The van der Waals surface area contributed by atoms with Crippen molar-refractivity contribution in [1.29, 1.82) is 0 Å². The normalized spacial score (nSPS) is 12.9. The van der Waals surface area contributed by atoms with Crippen LogP contribution in [0.5, 0.6) is 5.75 Å². The Morgan fingerprint density at radius 3 is 2.55 bits per heavy atom. The van der Waals surface area contributed by atoms with Crippen LogP contribution in [0, 0.1) is 0 Å². The van der Waals surface area contributed by atoms with Crippen LogP contribution in [0.15, 0.2) is 24.3 Å². The van der Waals surface area contributed by atoms with Crippen molar-refractivity contribution in [1.82, 2.24) is 4.90 Å². The first-order valence-corrected chi connectivity index (χ1v) is 10.2. The second kappa shape index (κ2) is 9.09. The number of hydrogen-bond acceptors (Lipinski definition) is 6. The molecule has 3 rings (SSSR count). The monoisotopic (exact) mass is 416 g/mol. The maximum Gasteiger partial charge on any atom is 0.341 e. The lowest BCUT2D eigenvalue weighted by molar-refractivity contribution is -0.129. The topological polar surface area (TPSA) is 84.9 Å². The van der Waals surface area contributed by atoms with Gasteiger partial charge in [0.05, 0.1) is 32.2 Å². The van der Waals surface area contributed by atoms with Crippen LogP contribution in [0.2, 0.25) is 0 Å². The molecule has 1 aromatic carbocycles. The molecule has 0 saturated heterocycles. The van der Waals surface area contributed by atoms with E-state index in [4.69, 9.17) is 9.47 Å². The number of amides is 2. The van der Waals surface area contributed by atoms with Crippen molar-refractivity contribution in [2.45, 2.75) is 33.2 Å². The SMILES string of the molecule is CCOC(=O)c1c(NC(=O)Cc2ccc(OC)cc2)sc2c1CCN(C(C)=O)C2. The number of ether oxygens (including phenoxy) is 2. The van der Waals surface area contributed by atoms with Gasteiger partial charge >= 0.3 is 5.97 Å². The highest BCUT2D eigenvalue weighted by Crippen LogP contribution is 2.37. The summed E-state index contributed by atoms with van der Waals surface area (Å²) in [7, 11) is 1.59. The number of rotatable bonds is 6. The van der Waals surface area contributed by atoms with E-state index in [1.807, 2.05) is 12.1 Å². The van der Waals surface area contributed by atoms with Crippen molar-refractivity contribution in [2.24, 2.45) is 0 Å². The van der Waals surface area contributed by atoms with E-state index in [9.17, 15) is 14.4 Å². The molecule has 2 heterocycles. The summed E-state index contributed by atoms with van der Waals surface area (Å²) in [5, 5.41) is 3.36. The maximum atomic E-state index is 12.6. The molecular weight excluding hydrogens is 392 g/mol. The minimum absolute atomic E-state index is 0.00757. The van der Waals surface area contributed by atoms with Gasteiger partial charge in [0.1, 0.15) is 10.8 Å². The standard InChI is InChI=1S/C21H24N2O5S/c1-4-28-21(26)19-16-9-10-23(13(2)24)12-17(16)29-20(19)22-18(25)11-14-5-7-15(27-3)8-6-14/h5-8H,4,9-12H2,1-3H3,(H,22,25). The van der Waals surface area contributed by atoms with Crippen LogP contribution < -0.4 is 10.1 Å². The zero-order chi connectivity index (χ0) is 21.0. The molecule has 1 N–H and O–H groups in total. The average molecular weight is 416 g/mol. The van der Waals surface area contributed by atoms with E-state index in [1.165, 1.54) is 18.3 Å². The molecular formula is C21H24N2O5S. The third-order valence-corrected chi connectivity index (χ3v) is 5.89. The van der Waals surface area contributed by atoms with Crippen molar-refractivity contribution in [3.8, 4) is 5.75 Å². The Balaban J connectivity index is 1.82. The zero-order valence-corrected chi connectivity index (χ0v) is 17.6. The molecule has 7 nitrogen and oxygen atoms in total. The van der Waals surface area contributed by atoms with Gasteiger partial charge < -0.3 is 19.7 Å². The number of carbonyl (C=O) groups is 3. The Hall–Kier alpha value is -2.87. The predicted molar refractivity (Wildman–Crippen MR) is 110 cm³/mol. The fraction of sp³-hybridized carbons (Fsp3) is 0.381. The van der Waals surface area contributed by atoms with E-state index in [1.54, 1.807) is 31.1 Å². The molecule has 1 aliphatic heterocycles. The number of hydrogen-bond donors (Lipinski definition) is 1. The molecule has 0 unspecified atom stereocenters. The van der Waals surface area contributed by atoms with Crippen LogP contribution in [-0.4, -0.2) is 42.9 Å². The van der Waals surface area contributed by atoms with E-state index in [0.717, 1.165) is 21.8 Å². The summed E-state index contributed by atoms with van der Waals surface area (Å²) in [6, 6.07) is 7.25. The van der Waals surface area contributed by atoms with E-state index in [2.05, 4.69) is 5.32 Å². The Morgan fingerprint density at radius 2 is 1.93 bits per heavy atom. The maximum absolute atomic E-state index is 12.6. The van der Waals surface area contributed by atoms with Crippen LogP contribution in [0.4, 0.5) is 5.00 Å². The van der Waals surface area contributed by atoms with Gasteiger partial charge in [-0.1, -0.05) is 12.1 Å². The number of thiophene rings is 1. The summed E-state index contributed by atoms with van der Waals surface area (Å²) < 4.78 is 10.3. The quantitative estimate of drug-likeness (QED) is 0.732. The Morgan fingerprint density at radius 1 is 1.21 bits per heavy atom. The number of nitrogens with zero attached hydrogens (tertiary/aromatic N) is 1. The first-order valence-electron chi connectivity index (χ1n) is 9.42. The van der Waals surface area contributed by atoms with Crippen molar-refractivity contribution >= 4 is 34.1 Å². The van der Waals surface area contributed by atoms with Gasteiger partial charge in [-0.25, -0.2) is 4.79 Å². The van der Waals surface area contributed by atoms with E-state index in [-0.39, 0.29) is 24.8 Å². The van der Waals surface area contributed by atoms with Gasteiger partial charge in [0.15, 0.2) is 0 Å². The summed E-state index contributed by atoms with van der Waals surface area (Å²) >= 11 is 1.34. The highest BCUT2D eigenvalue weighted by Gasteiger charge is 2.30. The molecule has 0 saturated carbocycles. The third-order valence-electron chi connectivity index (χ3n) is 4.76. The van der Waals surface area contributed by atoms with Crippen LogP contribution in [-0.2, 0) is 33.7 Å². The molecule has 2 aromatic rings. The molecule has 29 heavy (non-hydrogen) atoms. The fourth-order valence-corrected chi connectivity index (χ4v) is 4.55. The lowest BCUT2D eigenvalue weighted by Crippen LogP contribution is -2.34. The van der Waals surface area contributed by atoms with Crippen LogP contribution in [0.1, 0.15) is 40.2 Å². The summed E-state index contributed by atoms with van der Waals surface area (Å²) in [5.41, 5.74) is 2.12. The summed E-state index contributed by atoms with van der Waals surface area (Å²) in [4.78, 5) is 39.5. The fourth-order valence-electron chi connectivity index (χ4n) is 3.28. The van der Waals surface area contributed by atoms with Gasteiger partial charge in [0.2, 0.25) is 11.8 Å². The first kappa shape index (κ1) is 20.9. The first-order chi connectivity index (χ1) is 13.9. The highest BCUT2D eigenvalue weighted by molar-refractivity contribution is 7.17. The smallest absolute Gasteiger partial charge is 0.341 e. The molecule has 2 amide bonds. The van der Waals surface area contributed by atoms with Crippen molar-refractivity contribution in [3.63, 3.8) is 0 Å². The second-order valence-corrected chi connectivity index (χ2v) is 7.80. The minimum Gasteiger partial charge on any atom is -0.497 e. The van der Waals surface area contributed by atoms with Gasteiger partial charge in [0, 0.05) is 18.3 Å². The third kappa shape index (κ3) is 4.76. The number of anilines is 1. The summed E-state index contributed by atoms with van der Waals surface area (Å²) in [6.07, 6.45) is 0.738. The van der Waals surface area contributed by atoms with E-state index >= 15 is 0 Å². The minimum atomic E-state index is -0.443. The number of methoxy groups -OCH3 is 1. The van der Waals surface area contributed by atoms with Crippen molar-refractivity contribution < 1.29 is 23.9 Å². The number of esters is 1. The second-order valence-electron chi connectivity index (χ2n) is 6.69. The van der Waals surface area contributed by atoms with E-state index < -0.39 is 5.97 Å². The number of fused-ring (bicyclic) bond motifs is 1. The number of benzene rings is 1. The van der Waals surface area contributed by atoms with Gasteiger partial charge in [-0.05, 0) is 36.6 Å². The molecule has 0 fully saturated rings. The molecule has 8 heteroatoms. The average Bonchev–Trinajstić information content (AvgIpc) is 3.05. The van der Waals surface area contributed by atoms with Crippen LogP contribution in [0.3, 0.4) is 0 Å². The van der Waals surface area contributed by atoms with Crippen molar-refractivity contribution in [2.75, 3.05) is 25.6 Å². The molecule has 1 aliphatic rings. The van der Waals surface area contributed by atoms with Crippen molar-refractivity contribution in [3.05, 3.63) is 45.8 Å². The van der Waals surface area contributed by atoms with Gasteiger partial charge in [-0.2, -0.15) is 0 Å². The molecule has 1 aromatic heterocycles. The van der Waals surface area contributed by atoms with E-state index in [0.29, 0.717) is 30.1 Å². The zero-order valence-electron chi connectivity index (χ0n) is 16.7. The molecule has 154 valence electrons. The Kier molecular flexibility index (Phi) is 6.53. The van der Waals surface area contributed by atoms with Crippen LogP contribution in [0.25, 0.3) is 0 Å². The number of carbonyl (C=O) groups excluding carboxylic acids is 3.